The standard InChI is InChI=1S/C19H23ClOS/c1-2-3-4-5-6-7-8-15-13-18(22-14-15)19(21)16-9-11-17(20)12-10-16/h9-14H,2-8H2,1H3. The van der Waals surface area contributed by atoms with Gasteiger partial charge in [-0.1, -0.05) is 50.6 Å². The van der Waals surface area contributed by atoms with Crippen molar-refractivity contribution in [1.82, 2.24) is 0 Å². The van der Waals surface area contributed by atoms with Crippen LogP contribution < -0.4 is 0 Å². The maximum absolute atomic E-state index is 12.4. The first-order chi connectivity index (χ1) is 10.7. The van der Waals surface area contributed by atoms with Gasteiger partial charge in [-0.05, 0) is 54.1 Å². The molecular formula is C19H23ClOS. The first-order valence-electron chi connectivity index (χ1n) is 8.08. The molecule has 2 aromatic rings. The molecule has 0 aliphatic heterocycles. The van der Waals surface area contributed by atoms with E-state index >= 15 is 0 Å². The number of thiophene rings is 1. The second-order valence-electron chi connectivity index (χ2n) is 5.67. The molecule has 1 nitrogen and oxygen atoms in total. The molecule has 0 N–H and O–H groups in total. The lowest BCUT2D eigenvalue weighted by atomic mass is 10.1. The summed E-state index contributed by atoms with van der Waals surface area (Å²) in [5.41, 5.74) is 2.00. The monoisotopic (exact) mass is 334 g/mol. The van der Waals surface area contributed by atoms with Gasteiger partial charge < -0.3 is 0 Å². The zero-order valence-electron chi connectivity index (χ0n) is 13.1. The van der Waals surface area contributed by atoms with Crippen molar-refractivity contribution in [2.24, 2.45) is 0 Å². The summed E-state index contributed by atoms with van der Waals surface area (Å²) in [7, 11) is 0. The lowest BCUT2D eigenvalue weighted by Gasteiger charge is -2.00. The van der Waals surface area contributed by atoms with E-state index in [2.05, 4.69) is 12.3 Å². The third-order valence-corrected chi connectivity index (χ3v) is 5.03. The van der Waals surface area contributed by atoms with E-state index in [0.29, 0.717) is 10.6 Å². The summed E-state index contributed by atoms with van der Waals surface area (Å²) in [5.74, 6) is 0.0934. The van der Waals surface area contributed by atoms with Gasteiger partial charge in [-0.2, -0.15) is 0 Å². The summed E-state index contributed by atoms with van der Waals surface area (Å²) < 4.78 is 0. The van der Waals surface area contributed by atoms with Crippen LogP contribution >= 0.6 is 22.9 Å². The summed E-state index contributed by atoms with van der Waals surface area (Å²) in [6.45, 7) is 2.24. The van der Waals surface area contributed by atoms with Gasteiger partial charge in [0.25, 0.3) is 0 Å². The van der Waals surface area contributed by atoms with E-state index in [-0.39, 0.29) is 5.78 Å². The summed E-state index contributed by atoms with van der Waals surface area (Å²) in [6.07, 6.45) is 8.90. The van der Waals surface area contributed by atoms with Crippen LogP contribution in [0.25, 0.3) is 0 Å². The van der Waals surface area contributed by atoms with E-state index in [9.17, 15) is 4.79 Å². The first kappa shape index (κ1) is 17.2. The Morgan fingerprint density at radius 2 is 1.73 bits per heavy atom. The number of carbonyl (C=O) groups excluding carboxylic acids is 1. The largest absolute Gasteiger partial charge is 0.288 e. The van der Waals surface area contributed by atoms with E-state index < -0.39 is 0 Å². The number of hydrogen-bond donors (Lipinski definition) is 0. The number of aryl methyl sites for hydroxylation is 1. The number of rotatable bonds is 9. The highest BCUT2D eigenvalue weighted by molar-refractivity contribution is 7.12. The molecule has 0 aliphatic carbocycles. The third kappa shape index (κ3) is 5.26. The van der Waals surface area contributed by atoms with Crippen molar-refractivity contribution in [3.63, 3.8) is 0 Å². The van der Waals surface area contributed by atoms with Gasteiger partial charge in [0.2, 0.25) is 5.78 Å². The normalized spacial score (nSPS) is 10.8. The molecule has 1 aromatic carbocycles. The molecule has 0 amide bonds. The number of carbonyl (C=O) groups is 1. The molecule has 0 saturated carbocycles. The van der Waals surface area contributed by atoms with Crippen molar-refractivity contribution in [2.45, 2.75) is 51.9 Å². The zero-order chi connectivity index (χ0) is 15.8. The second-order valence-corrected chi connectivity index (χ2v) is 7.02. The Labute approximate surface area is 142 Å². The summed E-state index contributed by atoms with van der Waals surface area (Å²) in [4.78, 5) is 13.2. The summed E-state index contributed by atoms with van der Waals surface area (Å²) in [5, 5.41) is 2.78. The fourth-order valence-electron chi connectivity index (χ4n) is 2.48. The Bertz CT molecular complexity index is 586. The second kappa shape index (κ2) is 9.12. The number of hydrogen-bond acceptors (Lipinski definition) is 2. The van der Waals surface area contributed by atoms with Gasteiger partial charge in [0.05, 0.1) is 4.88 Å². The van der Waals surface area contributed by atoms with Crippen molar-refractivity contribution < 1.29 is 4.79 Å². The van der Waals surface area contributed by atoms with Crippen LogP contribution in [-0.2, 0) is 6.42 Å². The first-order valence-corrected chi connectivity index (χ1v) is 9.34. The highest BCUT2D eigenvalue weighted by Gasteiger charge is 2.11. The van der Waals surface area contributed by atoms with E-state index in [0.717, 1.165) is 11.3 Å². The molecule has 0 atom stereocenters. The lowest BCUT2D eigenvalue weighted by Crippen LogP contribution is -1.97. The molecule has 0 saturated heterocycles. The predicted molar refractivity (Wildman–Crippen MR) is 96.3 cm³/mol. The average Bonchev–Trinajstić information content (AvgIpc) is 3.00. The van der Waals surface area contributed by atoms with Crippen molar-refractivity contribution in [3.05, 3.63) is 56.7 Å². The van der Waals surface area contributed by atoms with Gasteiger partial charge >= 0.3 is 0 Å². The molecule has 1 aromatic heterocycles. The van der Waals surface area contributed by atoms with Gasteiger partial charge in [-0.15, -0.1) is 11.3 Å². The topological polar surface area (TPSA) is 17.1 Å². The van der Waals surface area contributed by atoms with Gasteiger partial charge in [0.15, 0.2) is 0 Å². The summed E-state index contributed by atoms with van der Waals surface area (Å²) >= 11 is 7.41. The average molecular weight is 335 g/mol. The smallest absolute Gasteiger partial charge is 0.202 e. The van der Waals surface area contributed by atoms with Crippen molar-refractivity contribution in [1.29, 1.82) is 0 Å². The molecular weight excluding hydrogens is 312 g/mol. The highest BCUT2D eigenvalue weighted by atomic mass is 35.5. The third-order valence-electron chi connectivity index (χ3n) is 3.80. The van der Waals surface area contributed by atoms with Gasteiger partial charge in [0, 0.05) is 10.6 Å². The number of ketones is 1. The summed E-state index contributed by atoms with van der Waals surface area (Å²) in [6, 6.07) is 9.16. The van der Waals surface area contributed by atoms with Crippen LogP contribution in [0.4, 0.5) is 0 Å². The Kier molecular flexibility index (Phi) is 7.14. The molecule has 118 valence electrons. The molecule has 22 heavy (non-hydrogen) atoms. The van der Waals surface area contributed by atoms with Crippen molar-refractivity contribution in [3.8, 4) is 0 Å². The Balaban J connectivity index is 1.83. The fourth-order valence-corrected chi connectivity index (χ4v) is 3.51. The van der Waals surface area contributed by atoms with Crippen LogP contribution in [0, 0.1) is 0 Å². The number of benzene rings is 1. The SMILES string of the molecule is CCCCCCCCc1csc(C(=O)c2ccc(Cl)cc2)c1. The maximum Gasteiger partial charge on any atom is 0.202 e. The Morgan fingerprint density at radius 1 is 1.05 bits per heavy atom. The van der Waals surface area contributed by atoms with E-state index in [1.54, 1.807) is 35.6 Å². The van der Waals surface area contributed by atoms with Crippen LogP contribution in [0.1, 0.15) is 66.2 Å². The maximum atomic E-state index is 12.4. The zero-order valence-corrected chi connectivity index (χ0v) is 14.7. The van der Waals surface area contributed by atoms with Crippen LogP contribution in [0.2, 0.25) is 5.02 Å². The van der Waals surface area contributed by atoms with E-state index in [4.69, 9.17) is 11.6 Å². The quantitative estimate of drug-likeness (QED) is 0.376. The molecule has 0 fully saturated rings. The Morgan fingerprint density at radius 3 is 2.45 bits per heavy atom. The molecule has 0 aliphatic rings. The molecule has 0 spiro atoms. The van der Waals surface area contributed by atoms with Crippen LogP contribution in [0.15, 0.2) is 35.7 Å². The van der Waals surface area contributed by atoms with E-state index in [1.165, 1.54) is 44.1 Å². The molecule has 0 radical (unpaired) electrons. The molecule has 2 rings (SSSR count). The molecule has 0 bridgehead atoms. The Hall–Kier alpha value is -1.12. The predicted octanol–water partition coefficient (Wildman–Crippen LogP) is 6.54. The minimum atomic E-state index is 0.0934. The number of unbranched alkanes of at least 4 members (excludes halogenated alkanes) is 5. The van der Waals surface area contributed by atoms with Crippen molar-refractivity contribution >= 4 is 28.7 Å². The van der Waals surface area contributed by atoms with Gasteiger partial charge in [0.1, 0.15) is 0 Å². The van der Waals surface area contributed by atoms with E-state index in [1.807, 2.05) is 6.07 Å². The highest BCUT2D eigenvalue weighted by Crippen LogP contribution is 2.21. The van der Waals surface area contributed by atoms with Crippen LogP contribution in [0.5, 0.6) is 0 Å². The van der Waals surface area contributed by atoms with Gasteiger partial charge in [-0.3, -0.25) is 4.79 Å². The molecule has 3 heteroatoms. The number of halogens is 1. The minimum Gasteiger partial charge on any atom is -0.288 e. The molecule has 0 unspecified atom stereocenters. The van der Waals surface area contributed by atoms with Crippen molar-refractivity contribution in [2.75, 3.05) is 0 Å². The van der Waals surface area contributed by atoms with Gasteiger partial charge in [-0.25, -0.2) is 0 Å². The lowest BCUT2D eigenvalue weighted by molar-refractivity contribution is 0.104. The molecule has 1 heterocycles. The fraction of sp³-hybridized carbons (Fsp3) is 0.421. The minimum absolute atomic E-state index is 0.0934. The van der Waals surface area contributed by atoms with Crippen LogP contribution in [0.3, 0.4) is 0 Å². The van der Waals surface area contributed by atoms with Crippen LogP contribution in [-0.4, -0.2) is 5.78 Å².